The molecule has 2 N–H and O–H groups in total. The molecule has 0 unspecified atom stereocenters. The second-order valence-corrected chi connectivity index (χ2v) is 5.21. The summed E-state index contributed by atoms with van der Waals surface area (Å²) in [5.41, 5.74) is 0.981. The van der Waals surface area contributed by atoms with Gasteiger partial charge in [-0.05, 0) is 24.6 Å². The highest BCUT2D eigenvalue weighted by molar-refractivity contribution is 5.91. The van der Waals surface area contributed by atoms with Crippen molar-refractivity contribution in [1.82, 2.24) is 20.4 Å². The van der Waals surface area contributed by atoms with Gasteiger partial charge >= 0.3 is 0 Å². The topological polar surface area (TPSA) is 76.0 Å². The predicted molar refractivity (Wildman–Crippen MR) is 89.5 cm³/mol. The fourth-order valence-corrected chi connectivity index (χ4v) is 2.10. The van der Waals surface area contributed by atoms with Crippen LogP contribution in [-0.2, 0) is 6.54 Å². The number of benzene rings is 1. The molecule has 0 aliphatic heterocycles. The van der Waals surface area contributed by atoms with Crippen LogP contribution in [-0.4, -0.2) is 35.3 Å². The molecular weight excluding hydrogens is 292 g/mol. The Morgan fingerprint density at radius 3 is 2.61 bits per heavy atom. The highest BCUT2D eigenvalue weighted by Gasteiger charge is 2.09. The Labute approximate surface area is 135 Å². The van der Waals surface area contributed by atoms with E-state index in [0.29, 0.717) is 19.6 Å². The number of nitrogens with zero attached hydrogens (tertiary/aromatic N) is 2. The Bertz CT molecular complexity index is 682. The van der Waals surface area contributed by atoms with E-state index in [0.717, 1.165) is 18.5 Å². The second kappa shape index (κ2) is 8.85. The van der Waals surface area contributed by atoms with E-state index < -0.39 is 0 Å². The van der Waals surface area contributed by atoms with Crippen molar-refractivity contribution in [3.63, 3.8) is 0 Å². The Hall–Kier alpha value is -2.47. The van der Waals surface area contributed by atoms with E-state index in [1.165, 1.54) is 16.8 Å². The summed E-state index contributed by atoms with van der Waals surface area (Å²) in [6.07, 6.45) is 1.06. The Kier molecular flexibility index (Phi) is 6.50. The van der Waals surface area contributed by atoms with E-state index in [2.05, 4.69) is 22.7 Å². The average molecular weight is 314 g/mol. The molecule has 0 radical (unpaired) electrons. The molecule has 0 saturated heterocycles. The van der Waals surface area contributed by atoms with Crippen LogP contribution in [0.2, 0.25) is 0 Å². The van der Waals surface area contributed by atoms with Crippen molar-refractivity contribution in [2.75, 3.05) is 19.6 Å². The SMILES string of the molecule is CCCNCCNC(=O)c1ccc(=O)n(Cc2ccccc2)n1. The smallest absolute Gasteiger partial charge is 0.271 e. The molecule has 1 aromatic carbocycles. The first-order valence-electron chi connectivity index (χ1n) is 7.81. The van der Waals surface area contributed by atoms with Crippen molar-refractivity contribution < 1.29 is 4.79 Å². The van der Waals surface area contributed by atoms with Crippen LogP contribution in [0.3, 0.4) is 0 Å². The van der Waals surface area contributed by atoms with Gasteiger partial charge in [0, 0.05) is 19.2 Å². The Balaban J connectivity index is 1.99. The number of carbonyl (C=O) groups is 1. The lowest BCUT2D eigenvalue weighted by Gasteiger charge is -2.08. The normalized spacial score (nSPS) is 10.5. The number of rotatable bonds is 8. The summed E-state index contributed by atoms with van der Waals surface area (Å²) in [5.74, 6) is -0.273. The minimum Gasteiger partial charge on any atom is -0.349 e. The van der Waals surface area contributed by atoms with Gasteiger partial charge in [-0.25, -0.2) is 4.68 Å². The largest absolute Gasteiger partial charge is 0.349 e. The average Bonchev–Trinajstić information content (AvgIpc) is 2.57. The van der Waals surface area contributed by atoms with Crippen LogP contribution >= 0.6 is 0 Å². The summed E-state index contributed by atoms with van der Waals surface area (Å²) in [4.78, 5) is 24.0. The number of aromatic nitrogens is 2. The van der Waals surface area contributed by atoms with Crippen LogP contribution in [0.1, 0.15) is 29.4 Å². The molecule has 1 heterocycles. The lowest BCUT2D eigenvalue weighted by Crippen LogP contribution is -2.34. The molecule has 0 aliphatic rings. The first kappa shape index (κ1) is 16.9. The van der Waals surface area contributed by atoms with Crippen molar-refractivity contribution in [3.8, 4) is 0 Å². The number of hydrogen-bond donors (Lipinski definition) is 2. The summed E-state index contributed by atoms with van der Waals surface area (Å²) in [7, 11) is 0. The molecule has 122 valence electrons. The van der Waals surface area contributed by atoms with Gasteiger partial charge in [0.1, 0.15) is 5.69 Å². The van der Waals surface area contributed by atoms with Crippen LogP contribution in [0.5, 0.6) is 0 Å². The third kappa shape index (κ3) is 5.34. The van der Waals surface area contributed by atoms with Gasteiger partial charge in [0.2, 0.25) is 0 Å². The van der Waals surface area contributed by atoms with Gasteiger partial charge in [-0.3, -0.25) is 9.59 Å². The Morgan fingerprint density at radius 2 is 1.87 bits per heavy atom. The number of nitrogens with one attached hydrogen (secondary N) is 2. The fraction of sp³-hybridized carbons (Fsp3) is 0.353. The molecule has 6 heteroatoms. The van der Waals surface area contributed by atoms with Crippen molar-refractivity contribution in [3.05, 3.63) is 64.1 Å². The van der Waals surface area contributed by atoms with E-state index in [1.807, 2.05) is 30.3 Å². The van der Waals surface area contributed by atoms with Crippen LogP contribution < -0.4 is 16.2 Å². The molecule has 0 saturated carbocycles. The summed E-state index contributed by atoms with van der Waals surface area (Å²) in [6, 6.07) is 12.4. The molecular formula is C17H22N4O2. The van der Waals surface area contributed by atoms with Gasteiger partial charge in [0.25, 0.3) is 11.5 Å². The van der Waals surface area contributed by atoms with Crippen LogP contribution in [0.25, 0.3) is 0 Å². The molecule has 0 aliphatic carbocycles. The van der Waals surface area contributed by atoms with Crippen LogP contribution in [0, 0.1) is 0 Å². The molecule has 2 aromatic rings. The first-order chi connectivity index (χ1) is 11.2. The quantitative estimate of drug-likeness (QED) is 0.713. The van der Waals surface area contributed by atoms with E-state index in [-0.39, 0.29) is 17.2 Å². The third-order valence-electron chi connectivity index (χ3n) is 3.29. The molecule has 2 rings (SSSR count). The maximum absolute atomic E-state index is 12.1. The minimum atomic E-state index is -0.273. The van der Waals surface area contributed by atoms with Gasteiger partial charge in [-0.2, -0.15) is 5.10 Å². The summed E-state index contributed by atoms with van der Waals surface area (Å²) < 4.78 is 1.31. The van der Waals surface area contributed by atoms with Gasteiger partial charge in [-0.15, -0.1) is 0 Å². The number of amides is 1. The highest BCUT2D eigenvalue weighted by Crippen LogP contribution is 2.00. The molecule has 0 atom stereocenters. The van der Waals surface area contributed by atoms with E-state index in [1.54, 1.807) is 0 Å². The molecule has 1 aromatic heterocycles. The maximum Gasteiger partial charge on any atom is 0.271 e. The Morgan fingerprint density at radius 1 is 1.09 bits per heavy atom. The van der Waals surface area contributed by atoms with Gasteiger partial charge < -0.3 is 10.6 Å². The third-order valence-corrected chi connectivity index (χ3v) is 3.29. The van der Waals surface area contributed by atoms with Crippen molar-refractivity contribution in [1.29, 1.82) is 0 Å². The first-order valence-corrected chi connectivity index (χ1v) is 7.81. The van der Waals surface area contributed by atoms with E-state index in [4.69, 9.17) is 0 Å². The van der Waals surface area contributed by atoms with E-state index >= 15 is 0 Å². The van der Waals surface area contributed by atoms with Crippen molar-refractivity contribution in [2.24, 2.45) is 0 Å². The second-order valence-electron chi connectivity index (χ2n) is 5.21. The molecule has 0 bridgehead atoms. The molecule has 0 spiro atoms. The maximum atomic E-state index is 12.1. The minimum absolute atomic E-state index is 0.227. The van der Waals surface area contributed by atoms with Crippen LogP contribution in [0.4, 0.5) is 0 Å². The fourth-order valence-electron chi connectivity index (χ4n) is 2.10. The lowest BCUT2D eigenvalue weighted by molar-refractivity contribution is 0.0946. The summed E-state index contributed by atoms with van der Waals surface area (Å²) in [6.45, 7) is 4.60. The molecule has 1 amide bonds. The standard InChI is InChI=1S/C17H22N4O2/c1-2-10-18-11-12-19-17(23)15-8-9-16(22)21(20-15)13-14-6-4-3-5-7-14/h3-9,18H,2,10-13H2,1H3,(H,19,23). The van der Waals surface area contributed by atoms with E-state index in [9.17, 15) is 9.59 Å². The van der Waals surface area contributed by atoms with Gasteiger partial charge in [0.15, 0.2) is 0 Å². The molecule has 23 heavy (non-hydrogen) atoms. The zero-order chi connectivity index (χ0) is 16.5. The van der Waals surface area contributed by atoms with Gasteiger partial charge in [0.05, 0.1) is 6.54 Å². The summed E-state index contributed by atoms with van der Waals surface area (Å²) >= 11 is 0. The predicted octanol–water partition coefficient (Wildman–Crippen LogP) is 1.02. The zero-order valence-electron chi connectivity index (χ0n) is 13.3. The van der Waals surface area contributed by atoms with Crippen molar-refractivity contribution in [2.45, 2.75) is 19.9 Å². The van der Waals surface area contributed by atoms with Crippen molar-refractivity contribution >= 4 is 5.91 Å². The lowest BCUT2D eigenvalue weighted by atomic mass is 10.2. The highest BCUT2D eigenvalue weighted by atomic mass is 16.2. The number of hydrogen-bond acceptors (Lipinski definition) is 4. The van der Waals surface area contributed by atoms with Gasteiger partial charge in [-0.1, -0.05) is 37.3 Å². The molecule has 6 nitrogen and oxygen atoms in total. The zero-order valence-corrected chi connectivity index (χ0v) is 13.3. The monoisotopic (exact) mass is 314 g/mol. The summed E-state index contributed by atoms with van der Waals surface area (Å²) in [5, 5.41) is 10.1. The van der Waals surface area contributed by atoms with Crippen LogP contribution in [0.15, 0.2) is 47.3 Å². The number of carbonyl (C=O) groups excluding carboxylic acids is 1. The molecule has 0 fully saturated rings.